The maximum atomic E-state index is 12.5. The normalized spacial score (nSPS) is 11.1. The first-order chi connectivity index (χ1) is 13.9. The summed E-state index contributed by atoms with van der Waals surface area (Å²) in [6.07, 6.45) is 2.52. The monoisotopic (exact) mass is 411 g/mol. The van der Waals surface area contributed by atoms with Crippen LogP contribution < -0.4 is 20.7 Å². The fraction of sp³-hybridized carbons (Fsp3) is 0.227. The van der Waals surface area contributed by atoms with E-state index in [1.165, 1.54) is 0 Å². The third kappa shape index (κ3) is 6.73. The van der Waals surface area contributed by atoms with Crippen molar-refractivity contribution < 1.29 is 14.3 Å². The summed E-state index contributed by atoms with van der Waals surface area (Å²) < 4.78 is 5.75. The van der Waals surface area contributed by atoms with E-state index in [0.717, 1.165) is 6.42 Å². The summed E-state index contributed by atoms with van der Waals surface area (Å²) >= 11 is 5.25. The first-order valence-electron chi connectivity index (χ1n) is 9.31. The van der Waals surface area contributed by atoms with Gasteiger partial charge in [0.1, 0.15) is 5.75 Å². The van der Waals surface area contributed by atoms with Crippen LogP contribution in [0.1, 0.15) is 41.0 Å². The van der Waals surface area contributed by atoms with Crippen LogP contribution in [0.2, 0.25) is 0 Å². The van der Waals surface area contributed by atoms with Crippen molar-refractivity contribution in [3.8, 4) is 5.75 Å². The molecule has 0 bridgehead atoms. The summed E-state index contributed by atoms with van der Waals surface area (Å²) in [5.41, 5.74) is 1.33. The standard InChI is InChI=1S/C22H25N3O3S/c1-4-13-23-21(27)18-11-6-7-12-19(18)24-22(29)25-20(26)16-9-8-10-17(14-16)28-15(3)5-2/h4,6-12,14-15H,1,5,13H2,2-3H3,(H,23,27)(H2,24,25,26,29). The van der Waals surface area contributed by atoms with Crippen molar-refractivity contribution in [2.75, 3.05) is 11.9 Å². The molecular weight excluding hydrogens is 386 g/mol. The molecule has 0 heterocycles. The summed E-state index contributed by atoms with van der Waals surface area (Å²) in [5.74, 6) is -0.0159. The van der Waals surface area contributed by atoms with Crippen LogP contribution in [0.5, 0.6) is 5.75 Å². The number of nitrogens with one attached hydrogen (secondary N) is 3. The molecule has 29 heavy (non-hydrogen) atoms. The van der Waals surface area contributed by atoms with Gasteiger partial charge < -0.3 is 15.4 Å². The number of para-hydroxylation sites is 1. The van der Waals surface area contributed by atoms with Crippen molar-refractivity contribution in [1.82, 2.24) is 10.6 Å². The van der Waals surface area contributed by atoms with Crippen LogP contribution in [0.4, 0.5) is 5.69 Å². The molecule has 1 atom stereocenters. The Morgan fingerprint density at radius 3 is 2.66 bits per heavy atom. The summed E-state index contributed by atoms with van der Waals surface area (Å²) in [4.78, 5) is 24.8. The second-order valence-electron chi connectivity index (χ2n) is 6.32. The van der Waals surface area contributed by atoms with Gasteiger partial charge in [0, 0.05) is 12.1 Å². The fourth-order valence-electron chi connectivity index (χ4n) is 2.41. The Hall–Kier alpha value is -3.19. The van der Waals surface area contributed by atoms with Crippen molar-refractivity contribution in [3.05, 3.63) is 72.3 Å². The number of carbonyl (C=O) groups excluding carboxylic acids is 2. The first kappa shape index (κ1) is 22.1. The smallest absolute Gasteiger partial charge is 0.257 e. The minimum absolute atomic E-state index is 0.0554. The highest BCUT2D eigenvalue weighted by Gasteiger charge is 2.14. The fourth-order valence-corrected chi connectivity index (χ4v) is 2.61. The zero-order chi connectivity index (χ0) is 21.2. The zero-order valence-corrected chi connectivity index (χ0v) is 17.3. The van der Waals surface area contributed by atoms with Gasteiger partial charge in [0.25, 0.3) is 11.8 Å². The number of anilines is 1. The van der Waals surface area contributed by atoms with Crippen LogP contribution >= 0.6 is 12.2 Å². The minimum atomic E-state index is -0.370. The summed E-state index contributed by atoms with van der Waals surface area (Å²) in [7, 11) is 0. The summed E-state index contributed by atoms with van der Waals surface area (Å²) in [6.45, 7) is 7.92. The molecule has 0 aliphatic rings. The number of carbonyl (C=O) groups is 2. The minimum Gasteiger partial charge on any atom is -0.491 e. The SMILES string of the molecule is C=CCNC(=O)c1ccccc1NC(=S)NC(=O)c1cccc(OC(C)CC)c1. The van der Waals surface area contributed by atoms with Crippen LogP contribution in [0.3, 0.4) is 0 Å². The average molecular weight is 412 g/mol. The number of hydrogen-bond acceptors (Lipinski definition) is 4. The van der Waals surface area contributed by atoms with E-state index in [2.05, 4.69) is 22.5 Å². The highest BCUT2D eigenvalue weighted by Crippen LogP contribution is 2.17. The zero-order valence-electron chi connectivity index (χ0n) is 16.5. The third-order valence-corrected chi connectivity index (χ3v) is 4.27. The Bertz CT molecular complexity index is 898. The second kappa shape index (κ2) is 11.0. The Labute approximate surface area is 176 Å². The number of ether oxygens (including phenoxy) is 1. The van der Waals surface area contributed by atoms with E-state index in [0.29, 0.717) is 29.1 Å². The molecule has 1 unspecified atom stereocenters. The lowest BCUT2D eigenvalue weighted by molar-refractivity contribution is 0.0956. The molecule has 0 aliphatic carbocycles. The predicted molar refractivity (Wildman–Crippen MR) is 119 cm³/mol. The van der Waals surface area contributed by atoms with E-state index < -0.39 is 0 Å². The molecule has 2 aromatic rings. The number of amides is 2. The van der Waals surface area contributed by atoms with Gasteiger partial charge in [-0.05, 0) is 55.9 Å². The Kier molecular flexibility index (Phi) is 8.36. The molecule has 0 radical (unpaired) electrons. The molecule has 2 rings (SSSR count). The molecule has 2 aromatic carbocycles. The molecule has 152 valence electrons. The highest BCUT2D eigenvalue weighted by molar-refractivity contribution is 7.80. The van der Waals surface area contributed by atoms with Crippen LogP contribution in [-0.2, 0) is 0 Å². The van der Waals surface area contributed by atoms with Gasteiger partial charge in [0.2, 0.25) is 0 Å². The first-order valence-corrected chi connectivity index (χ1v) is 9.72. The van der Waals surface area contributed by atoms with Crippen molar-refractivity contribution in [2.45, 2.75) is 26.4 Å². The molecule has 3 N–H and O–H groups in total. The molecule has 6 nitrogen and oxygen atoms in total. The molecule has 0 saturated heterocycles. The topological polar surface area (TPSA) is 79.5 Å². The molecule has 0 fully saturated rings. The average Bonchev–Trinajstić information content (AvgIpc) is 2.72. The van der Waals surface area contributed by atoms with Crippen molar-refractivity contribution in [1.29, 1.82) is 0 Å². The van der Waals surface area contributed by atoms with Gasteiger partial charge in [-0.2, -0.15) is 0 Å². The van der Waals surface area contributed by atoms with Crippen molar-refractivity contribution >= 4 is 34.8 Å². The van der Waals surface area contributed by atoms with E-state index in [9.17, 15) is 9.59 Å². The molecule has 7 heteroatoms. The maximum Gasteiger partial charge on any atom is 0.257 e. The van der Waals surface area contributed by atoms with E-state index in [1.54, 1.807) is 54.6 Å². The molecule has 0 aromatic heterocycles. The van der Waals surface area contributed by atoms with Gasteiger partial charge in [-0.25, -0.2) is 0 Å². The van der Waals surface area contributed by atoms with E-state index in [1.807, 2.05) is 13.8 Å². The molecule has 2 amide bonds. The number of rotatable bonds is 8. The molecule has 0 aliphatic heterocycles. The van der Waals surface area contributed by atoms with Crippen molar-refractivity contribution in [3.63, 3.8) is 0 Å². The number of benzene rings is 2. The second-order valence-corrected chi connectivity index (χ2v) is 6.73. The molecule has 0 spiro atoms. The van der Waals surface area contributed by atoms with Crippen LogP contribution in [-0.4, -0.2) is 29.6 Å². The van der Waals surface area contributed by atoms with Gasteiger partial charge in [0.15, 0.2) is 5.11 Å². The highest BCUT2D eigenvalue weighted by atomic mass is 32.1. The largest absolute Gasteiger partial charge is 0.491 e. The summed E-state index contributed by atoms with van der Waals surface area (Å²) in [5, 5.41) is 8.34. The van der Waals surface area contributed by atoms with Gasteiger partial charge in [0.05, 0.1) is 17.4 Å². The van der Waals surface area contributed by atoms with E-state index in [-0.39, 0.29) is 23.0 Å². The number of hydrogen-bond donors (Lipinski definition) is 3. The lowest BCUT2D eigenvalue weighted by Gasteiger charge is -2.15. The van der Waals surface area contributed by atoms with Crippen LogP contribution in [0, 0.1) is 0 Å². The predicted octanol–water partition coefficient (Wildman–Crippen LogP) is 3.91. The lowest BCUT2D eigenvalue weighted by Crippen LogP contribution is -2.35. The van der Waals surface area contributed by atoms with Crippen molar-refractivity contribution in [2.24, 2.45) is 0 Å². The van der Waals surface area contributed by atoms with Crippen LogP contribution in [0.15, 0.2) is 61.2 Å². The van der Waals surface area contributed by atoms with E-state index >= 15 is 0 Å². The molecular formula is C22H25N3O3S. The van der Waals surface area contributed by atoms with E-state index in [4.69, 9.17) is 17.0 Å². The quantitative estimate of drug-likeness (QED) is 0.453. The van der Waals surface area contributed by atoms with Crippen LogP contribution in [0.25, 0.3) is 0 Å². The van der Waals surface area contributed by atoms with Gasteiger partial charge >= 0.3 is 0 Å². The molecule has 0 saturated carbocycles. The van der Waals surface area contributed by atoms with Gasteiger partial charge in [-0.1, -0.05) is 31.2 Å². The number of thiocarbonyl (C=S) groups is 1. The Morgan fingerprint density at radius 2 is 1.93 bits per heavy atom. The Morgan fingerprint density at radius 1 is 1.17 bits per heavy atom. The maximum absolute atomic E-state index is 12.5. The third-order valence-electron chi connectivity index (χ3n) is 4.06. The Balaban J connectivity index is 2.04. The lowest BCUT2D eigenvalue weighted by atomic mass is 10.1. The van der Waals surface area contributed by atoms with Gasteiger partial charge in [-0.15, -0.1) is 6.58 Å². The van der Waals surface area contributed by atoms with Gasteiger partial charge in [-0.3, -0.25) is 14.9 Å². The summed E-state index contributed by atoms with van der Waals surface area (Å²) in [6, 6.07) is 13.8.